The Morgan fingerprint density at radius 3 is 2.14 bits per heavy atom. The summed E-state index contributed by atoms with van der Waals surface area (Å²) in [4.78, 5) is 38.9. The van der Waals surface area contributed by atoms with Gasteiger partial charge in [-0.05, 0) is 65.9 Å². The first-order valence-electron chi connectivity index (χ1n) is 12.1. The summed E-state index contributed by atoms with van der Waals surface area (Å²) in [5.74, 6) is -0.0916. The van der Waals surface area contributed by atoms with Gasteiger partial charge in [0.1, 0.15) is 30.3 Å². The average Bonchev–Trinajstić information content (AvgIpc) is 2.85. The number of imide groups is 2. The minimum absolute atomic E-state index is 0.0827. The van der Waals surface area contributed by atoms with Crippen LogP contribution in [0.3, 0.4) is 0 Å². The van der Waals surface area contributed by atoms with E-state index in [-0.39, 0.29) is 11.0 Å². The molecule has 1 saturated heterocycles. The van der Waals surface area contributed by atoms with E-state index in [1.165, 1.54) is 11.6 Å². The summed E-state index contributed by atoms with van der Waals surface area (Å²) in [5, 5.41) is 2.24. The molecule has 7 heteroatoms. The fourth-order valence-electron chi connectivity index (χ4n) is 3.82. The van der Waals surface area contributed by atoms with Crippen molar-refractivity contribution in [1.29, 1.82) is 0 Å². The van der Waals surface area contributed by atoms with Gasteiger partial charge in [-0.1, -0.05) is 62.7 Å². The van der Waals surface area contributed by atoms with E-state index >= 15 is 0 Å². The number of ether oxygens (including phenoxy) is 2. The second kappa shape index (κ2) is 10.7. The predicted molar refractivity (Wildman–Crippen MR) is 143 cm³/mol. The number of rotatable bonds is 7. The number of carbonyl (C=O) groups is 3. The van der Waals surface area contributed by atoms with Crippen LogP contribution in [0.5, 0.6) is 11.5 Å². The second-order valence-electron chi connectivity index (χ2n) is 9.84. The Hall–Kier alpha value is -4.39. The van der Waals surface area contributed by atoms with E-state index in [0.29, 0.717) is 30.2 Å². The van der Waals surface area contributed by atoms with Crippen molar-refractivity contribution in [3.05, 3.63) is 95.1 Å². The normalized spacial score (nSPS) is 15.1. The molecule has 0 saturated carbocycles. The number of amides is 4. The molecule has 0 aromatic heterocycles. The van der Waals surface area contributed by atoms with E-state index in [1.54, 1.807) is 48.5 Å². The molecule has 1 heterocycles. The molecule has 7 nitrogen and oxygen atoms in total. The van der Waals surface area contributed by atoms with Crippen LogP contribution in [0.1, 0.15) is 37.5 Å². The van der Waals surface area contributed by atoms with Gasteiger partial charge in [-0.25, -0.2) is 9.69 Å². The lowest BCUT2D eigenvalue weighted by atomic mass is 9.87. The second-order valence-corrected chi connectivity index (χ2v) is 9.84. The molecule has 4 amide bonds. The van der Waals surface area contributed by atoms with E-state index in [1.807, 2.05) is 19.1 Å². The van der Waals surface area contributed by atoms with Gasteiger partial charge in [-0.3, -0.25) is 14.9 Å². The molecule has 3 aromatic rings. The highest BCUT2D eigenvalue weighted by atomic mass is 16.5. The summed E-state index contributed by atoms with van der Waals surface area (Å²) in [7, 11) is 0. The van der Waals surface area contributed by atoms with Gasteiger partial charge >= 0.3 is 6.03 Å². The third-order valence-corrected chi connectivity index (χ3v) is 5.90. The standard InChI is InChI=1S/C30H30N2O5/c1-20-8-12-23(13-9-20)32-28(34)26(27(33)31-29(32)35)19-21-6-5-7-25(18-21)37-17-16-36-24-14-10-22(11-15-24)30(2,3)4/h5-15,18-19H,16-17H2,1-4H3,(H,31,33,35)/b26-19-. The van der Waals surface area contributed by atoms with Crippen LogP contribution >= 0.6 is 0 Å². The molecule has 0 bridgehead atoms. The Kier molecular flexibility index (Phi) is 7.43. The summed E-state index contributed by atoms with van der Waals surface area (Å²) in [5.41, 5.74) is 3.14. The Bertz CT molecular complexity index is 1340. The van der Waals surface area contributed by atoms with Crippen molar-refractivity contribution in [2.24, 2.45) is 0 Å². The molecule has 1 aliphatic rings. The molecule has 3 aromatic carbocycles. The minimum atomic E-state index is -0.777. The number of hydrogen-bond donors (Lipinski definition) is 1. The largest absolute Gasteiger partial charge is 0.490 e. The lowest BCUT2D eigenvalue weighted by Gasteiger charge is -2.26. The molecule has 1 N–H and O–H groups in total. The highest BCUT2D eigenvalue weighted by Gasteiger charge is 2.36. The maximum absolute atomic E-state index is 13.1. The van der Waals surface area contributed by atoms with Gasteiger partial charge in [0, 0.05) is 0 Å². The van der Waals surface area contributed by atoms with Crippen molar-refractivity contribution in [3.8, 4) is 11.5 Å². The molecule has 0 atom stereocenters. The Labute approximate surface area is 216 Å². The quantitative estimate of drug-likeness (QED) is 0.267. The van der Waals surface area contributed by atoms with Crippen molar-refractivity contribution >= 4 is 29.6 Å². The van der Waals surface area contributed by atoms with Crippen LogP contribution in [-0.2, 0) is 15.0 Å². The Morgan fingerprint density at radius 2 is 1.49 bits per heavy atom. The van der Waals surface area contributed by atoms with Crippen LogP contribution < -0.4 is 19.7 Å². The zero-order valence-corrected chi connectivity index (χ0v) is 21.4. The molecule has 0 radical (unpaired) electrons. The first kappa shape index (κ1) is 25.7. The summed E-state index contributed by atoms with van der Waals surface area (Å²) in [6.07, 6.45) is 1.45. The van der Waals surface area contributed by atoms with Gasteiger partial charge in [-0.15, -0.1) is 0 Å². The molecule has 37 heavy (non-hydrogen) atoms. The molecule has 0 spiro atoms. The molecule has 1 fully saturated rings. The number of hydrogen-bond acceptors (Lipinski definition) is 5. The smallest absolute Gasteiger partial charge is 0.335 e. The number of nitrogens with one attached hydrogen (secondary N) is 1. The number of carbonyl (C=O) groups excluding carboxylic acids is 3. The summed E-state index contributed by atoms with van der Waals surface area (Å²) < 4.78 is 11.6. The fraction of sp³-hybridized carbons (Fsp3) is 0.233. The van der Waals surface area contributed by atoms with Gasteiger partial charge < -0.3 is 9.47 Å². The molecular weight excluding hydrogens is 468 g/mol. The van der Waals surface area contributed by atoms with Crippen molar-refractivity contribution in [2.45, 2.75) is 33.1 Å². The molecular formula is C30H30N2O5. The number of nitrogens with zero attached hydrogens (tertiary/aromatic N) is 1. The van der Waals surface area contributed by atoms with E-state index in [9.17, 15) is 14.4 Å². The summed E-state index contributed by atoms with van der Waals surface area (Å²) in [6.45, 7) is 9.07. The van der Waals surface area contributed by atoms with Crippen molar-refractivity contribution in [2.75, 3.05) is 18.1 Å². The van der Waals surface area contributed by atoms with E-state index in [0.717, 1.165) is 16.2 Å². The molecule has 190 valence electrons. The van der Waals surface area contributed by atoms with E-state index in [4.69, 9.17) is 9.47 Å². The maximum Gasteiger partial charge on any atom is 0.335 e. The maximum atomic E-state index is 13.1. The number of anilines is 1. The molecule has 0 unspecified atom stereocenters. The van der Waals surface area contributed by atoms with Gasteiger partial charge in [0.2, 0.25) is 0 Å². The van der Waals surface area contributed by atoms with Gasteiger partial charge in [-0.2, -0.15) is 0 Å². The third kappa shape index (κ3) is 6.25. The van der Waals surface area contributed by atoms with Crippen LogP contribution in [0, 0.1) is 6.92 Å². The minimum Gasteiger partial charge on any atom is -0.490 e. The summed E-state index contributed by atoms with van der Waals surface area (Å²) in [6, 6.07) is 21.2. The van der Waals surface area contributed by atoms with Crippen LogP contribution in [0.4, 0.5) is 10.5 Å². The Morgan fingerprint density at radius 1 is 0.838 bits per heavy atom. The number of benzene rings is 3. The van der Waals surface area contributed by atoms with E-state index in [2.05, 4.69) is 38.2 Å². The van der Waals surface area contributed by atoms with Crippen molar-refractivity contribution in [1.82, 2.24) is 5.32 Å². The summed E-state index contributed by atoms with van der Waals surface area (Å²) >= 11 is 0. The van der Waals surface area contributed by atoms with Crippen LogP contribution in [0.2, 0.25) is 0 Å². The van der Waals surface area contributed by atoms with Crippen molar-refractivity contribution < 1.29 is 23.9 Å². The predicted octanol–water partition coefficient (Wildman–Crippen LogP) is 5.42. The topological polar surface area (TPSA) is 84.9 Å². The van der Waals surface area contributed by atoms with Crippen LogP contribution in [0.25, 0.3) is 6.08 Å². The first-order valence-corrected chi connectivity index (χ1v) is 12.1. The van der Waals surface area contributed by atoms with Crippen LogP contribution in [0.15, 0.2) is 78.4 Å². The number of aryl methyl sites for hydroxylation is 1. The highest BCUT2D eigenvalue weighted by molar-refractivity contribution is 6.39. The molecule has 0 aliphatic carbocycles. The third-order valence-electron chi connectivity index (χ3n) is 5.90. The highest BCUT2D eigenvalue weighted by Crippen LogP contribution is 2.25. The lowest BCUT2D eigenvalue weighted by Crippen LogP contribution is -2.54. The van der Waals surface area contributed by atoms with Gasteiger partial charge in [0.15, 0.2) is 0 Å². The van der Waals surface area contributed by atoms with Crippen molar-refractivity contribution in [3.63, 3.8) is 0 Å². The van der Waals surface area contributed by atoms with E-state index < -0.39 is 17.8 Å². The number of barbiturate groups is 1. The average molecular weight is 499 g/mol. The van der Waals surface area contributed by atoms with Crippen LogP contribution in [-0.4, -0.2) is 31.1 Å². The van der Waals surface area contributed by atoms with Gasteiger partial charge in [0.05, 0.1) is 5.69 Å². The molecule has 1 aliphatic heterocycles. The van der Waals surface area contributed by atoms with Gasteiger partial charge in [0.25, 0.3) is 11.8 Å². The molecule has 4 rings (SSSR count). The zero-order valence-electron chi connectivity index (χ0n) is 21.4. The monoisotopic (exact) mass is 498 g/mol. The first-order chi connectivity index (χ1) is 17.6. The number of urea groups is 1. The Balaban J connectivity index is 1.40. The SMILES string of the molecule is Cc1ccc(N2C(=O)NC(=O)/C(=C/c3cccc(OCCOc4ccc(C(C)(C)C)cc4)c3)C2=O)cc1. The fourth-order valence-corrected chi connectivity index (χ4v) is 3.82. The lowest BCUT2D eigenvalue weighted by molar-refractivity contribution is -0.122. The zero-order chi connectivity index (χ0) is 26.6.